The summed E-state index contributed by atoms with van der Waals surface area (Å²) in [6, 6.07) is 3.36. The first-order valence-electron chi connectivity index (χ1n) is 6.53. The smallest absolute Gasteiger partial charge is 0.311 e. The zero-order chi connectivity index (χ0) is 15.3. The molecular weight excluding hydrogens is 270 g/mol. The lowest BCUT2D eigenvalue weighted by Crippen LogP contribution is -2.24. The van der Waals surface area contributed by atoms with Crippen LogP contribution in [-0.2, 0) is 6.18 Å². The highest BCUT2D eigenvalue weighted by atomic mass is 19.4. The molecule has 0 aliphatic carbocycles. The van der Waals surface area contributed by atoms with Crippen molar-refractivity contribution in [1.29, 1.82) is 0 Å². The lowest BCUT2D eigenvalue weighted by Gasteiger charge is -2.12. The standard InChI is InChI=1S/C15H19F4N/c1-4-11(9-20-10(2)3)7-12-5-6-14(16)13(8-12)15(17,18)19/h5-8,10,20H,4,9H2,1-3H3/b11-7-. The highest BCUT2D eigenvalue weighted by Crippen LogP contribution is 2.32. The zero-order valence-electron chi connectivity index (χ0n) is 11.8. The van der Waals surface area contributed by atoms with Gasteiger partial charge in [-0.3, -0.25) is 0 Å². The van der Waals surface area contributed by atoms with Crippen molar-refractivity contribution in [3.05, 3.63) is 40.7 Å². The minimum Gasteiger partial charge on any atom is -0.311 e. The van der Waals surface area contributed by atoms with Crippen LogP contribution in [0.1, 0.15) is 38.3 Å². The van der Waals surface area contributed by atoms with Gasteiger partial charge >= 0.3 is 6.18 Å². The van der Waals surface area contributed by atoms with Crippen molar-refractivity contribution in [2.45, 2.75) is 39.4 Å². The number of halogens is 4. The number of nitrogens with one attached hydrogen (secondary N) is 1. The predicted molar refractivity (Wildman–Crippen MR) is 72.8 cm³/mol. The molecule has 0 radical (unpaired) electrons. The molecule has 0 aliphatic rings. The van der Waals surface area contributed by atoms with Crippen molar-refractivity contribution in [3.8, 4) is 0 Å². The molecule has 1 rings (SSSR count). The van der Waals surface area contributed by atoms with Gasteiger partial charge in [-0.2, -0.15) is 13.2 Å². The van der Waals surface area contributed by atoms with Gasteiger partial charge in [-0.15, -0.1) is 0 Å². The Morgan fingerprint density at radius 3 is 2.45 bits per heavy atom. The molecule has 5 heteroatoms. The average Bonchev–Trinajstić information content (AvgIpc) is 2.34. The molecule has 1 aromatic carbocycles. The van der Waals surface area contributed by atoms with Crippen LogP contribution in [0.25, 0.3) is 6.08 Å². The molecule has 0 saturated heterocycles. The quantitative estimate of drug-likeness (QED) is 0.779. The summed E-state index contributed by atoms with van der Waals surface area (Å²) >= 11 is 0. The monoisotopic (exact) mass is 289 g/mol. The summed E-state index contributed by atoms with van der Waals surface area (Å²) in [7, 11) is 0. The molecule has 0 unspecified atom stereocenters. The van der Waals surface area contributed by atoms with Gasteiger partial charge in [-0.1, -0.05) is 38.5 Å². The maximum Gasteiger partial charge on any atom is 0.419 e. The number of hydrogen-bond donors (Lipinski definition) is 1. The van der Waals surface area contributed by atoms with E-state index in [0.29, 0.717) is 18.2 Å². The number of hydrogen-bond acceptors (Lipinski definition) is 1. The van der Waals surface area contributed by atoms with Crippen LogP contribution < -0.4 is 5.32 Å². The van der Waals surface area contributed by atoms with Crippen LogP contribution in [-0.4, -0.2) is 12.6 Å². The fraction of sp³-hybridized carbons (Fsp3) is 0.467. The second-order valence-electron chi connectivity index (χ2n) is 4.93. The molecule has 1 N–H and O–H groups in total. The van der Waals surface area contributed by atoms with Gasteiger partial charge in [-0.05, 0) is 24.1 Å². The Morgan fingerprint density at radius 1 is 1.30 bits per heavy atom. The van der Waals surface area contributed by atoms with Crippen LogP contribution in [0.2, 0.25) is 0 Å². The van der Waals surface area contributed by atoms with Gasteiger partial charge in [0.05, 0.1) is 5.56 Å². The van der Waals surface area contributed by atoms with Crippen molar-refractivity contribution >= 4 is 6.08 Å². The predicted octanol–water partition coefficient (Wildman–Crippen LogP) is 4.64. The second kappa shape index (κ2) is 6.88. The first-order chi connectivity index (χ1) is 9.24. The van der Waals surface area contributed by atoms with Crippen LogP contribution >= 0.6 is 0 Å². The molecule has 112 valence electrons. The molecule has 0 spiro atoms. The Bertz CT molecular complexity index is 475. The van der Waals surface area contributed by atoms with Crippen molar-refractivity contribution < 1.29 is 17.6 Å². The summed E-state index contributed by atoms with van der Waals surface area (Å²) in [6.07, 6.45) is -2.28. The highest BCUT2D eigenvalue weighted by Gasteiger charge is 2.34. The van der Waals surface area contributed by atoms with E-state index in [2.05, 4.69) is 5.32 Å². The SMILES string of the molecule is CC/C(=C/c1ccc(F)c(C(F)(F)F)c1)CNC(C)C. The van der Waals surface area contributed by atoms with Crippen LogP contribution in [0.5, 0.6) is 0 Å². The molecule has 0 fully saturated rings. The van der Waals surface area contributed by atoms with Gasteiger partial charge in [0, 0.05) is 12.6 Å². The Labute approximate surface area is 116 Å². The molecule has 0 saturated carbocycles. The Kier molecular flexibility index (Phi) is 5.74. The minimum absolute atomic E-state index is 0.295. The third-order valence-corrected chi connectivity index (χ3v) is 2.86. The minimum atomic E-state index is -4.67. The van der Waals surface area contributed by atoms with Gasteiger partial charge in [0.25, 0.3) is 0 Å². The summed E-state index contributed by atoms with van der Waals surface area (Å²) in [5.41, 5.74) is 0.109. The van der Waals surface area contributed by atoms with Gasteiger partial charge in [0.15, 0.2) is 0 Å². The summed E-state index contributed by atoms with van der Waals surface area (Å²) in [4.78, 5) is 0. The molecule has 0 heterocycles. The van der Waals surface area contributed by atoms with E-state index in [9.17, 15) is 17.6 Å². The number of rotatable bonds is 5. The summed E-state index contributed by atoms with van der Waals surface area (Å²) in [5, 5.41) is 3.21. The molecule has 1 nitrogen and oxygen atoms in total. The van der Waals surface area contributed by atoms with E-state index in [1.54, 1.807) is 6.08 Å². The van der Waals surface area contributed by atoms with E-state index in [4.69, 9.17) is 0 Å². The van der Waals surface area contributed by atoms with Crippen molar-refractivity contribution in [1.82, 2.24) is 5.32 Å². The summed E-state index contributed by atoms with van der Waals surface area (Å²) in [6.45, 7) is 6.52. The maximum absolute atomic E-state index is 13.2. The number of benzene rings is 1. The molecule has 0 atom stereocenters. The number of alkyl halides is 3. The lowest BCUT2D eigenvalue weighted by molar-refractivity contribution is -0.140. The molecule has 0 amide bonds. The van der Waals surface area contributed by atoms with E-state index in [0.717, 1.165) is 24.1 Å². The fourth-order valence-corrected chi connectivity index (χ4v) is 1.70. The molecule has 0 aromatic heterocycles. The Hall–Kier alpha value is -1.36. The first kappa shape index (κ1) is 16.7. The first-order valence-corrected chi connectivity index (χ1v) is 6.53. The average molecular weight is 289 g/mol. The fourth-order valence-electron chi connectivity index (χ4n) is 1.70. The molecule has 20 heavy (non-hydrogen) atoms. The van der Waals surface area contributed by atoms with Gasteiger partial charge in [0.1, 0.15) is 5.82 Å². The van der Waals surface area contributed by atoms with E-state index in [1.807, 2.05) is 20.8 Å². The normalized spacial score (nSPS) is 13.1. The third kappa shape index (κ3) is 4.96. The Morgan fingerprint density at radius 2 is 1.95 bits per heavy atom. The van der Waals surface area contributed by atoms with Crippen LogP contribution in [0, 0.1) is 5.82 Å². The van der Waals surface area contributed by atoms with E-state index < -0.39 is 17.6 Å². The van der Waals surface area contributed by atoms with Crippen LogP contribution in [0.15, 0.2) is 23.8 Å². The van der Waals surface area contributed by atoms with Crippen molar-refractivity contribution in [2.24, 2.45) is 0 Å². The molecular formula is C15H19F4N. The van der Waals surface area contributed by atoms with Crippen molar-refractivity contribution in [2.75, 3.05) is 6.54 Å². The maximum atomic E-state index is 13.2. The van der Waals surface area contributed by atoms with Crippen molar-refractivity contribution in [3.63, 3.8) is 0 Å². The van der Waals surface area contributed by atoms with Gasteiger partial charge in [-0.25, -0.2) is 4.39 Å². The molecule has 0 bridgehead atoms. The summed E-state index contributed by atoms with van der Waals surface area (Å²) in [5.74, 6) is -1.24. The van der Waals surface area contributed by atoms with Gasteiger partial charge in [0.2, 0.25) is 0 Å². The molecule has 1 aromatic rings. The zero-order valence-corrected chi connectivity index (χ0v) is 11.8. The topological polar surface area (TPSA) is 12.0 Å². The van der Waals surface area contributed by atoms with Crippen LogP contribution in [0.4, 0.5) is 17.6 Å². The second-order valence-corrected chi connectivity index (χ2v) is 4.93. The lowest BCUT2D eigenvalue weighted by atomic mass is 10.1. The van der Waals surface area contributed by atoms with Gasteiger partial charge < -0.3 is 5.32 Å². The Balaban J connectivity index is 3.01. The molecule has 0 aliphatic heterocycles. The van der Waals surface area contributed by atoms with Crippen LogP contribution in [0.3, 0.4) is 0 Å². The largest absolute Gasteiger partial charge is 0.419 e. The highest BCUT2D eigenvalue weighted by molar-refractivity contribution is 5.54. The third-order valence-electron chi connectivity index (χ3n) is 2.86. The summed E-state index contributed by atoms with van der Waals surface area (Å²) < 4.78 is 51.1. The van der Waals surface area contributed by atoms with E-state index >= 15 is 0 Å². The van der Waals surface area contributed by atoms with E-state index in [1.165, 1.54) is 6.07 Å². The van der Waals surface area contributed by atoms with E-state index in [-0.39, 0.29) is 0 Å².